The van der Waals surface area contributed by atoms with Gasteiger partial charge in [-0.1, -0.05) is 18.2 Å². The molecule has 1 unspecified atom stereocenters. The van der Waals surface area contributed by atoms with Crippen molar-refractivity contribution in [3.63, 3.8) is 0 Å². The van der Waals surface area contributed by atoms with Crippen LogP contribution in [0.25, 0.3) is 22.0 Å². The van der Waals surface area contributed by atoms with Crippen LogP contribution >= 0.6 is 0 Å². The smallest absolute Gasteiger partial charge is 0.405 e. The van der Waals surface area contributed by atoms with Crippen LogP contribution in [0.15, 0.2) is 77.1 Å². The molecule has 0 aliphatic carbocycles. The van der Waals surface area contributed by atoms with E-state index in [0.717, 1.165) is 16.5 Å². The number of amides is 1. The molecule has 1 atom stereocenters. The van der Waals surface area contributed by atoms with E-state index in [0.29, 0.717) is 16.6 Å². The largest absolute Gasteiger partial charge is 0.573 e. The summed E-state index contributed by atoms with van der Waals surface area (Å²) in [6.07, 6.45) is -1.41. The Kier molecular flexibility index (Phi) is 6.93. The minimum atomic E-state index is -4.85. The van der Waals surface area contributed by atoms with Gasteiger partial charge in [0.1, 0.15) is 5.75 Å². The van der Waals surface area contributed by atoms with Crippen molar-refractivity contribution < 1.29 is 22.7 Å². The lowest BCUT2D eigenvalue weighted by molar-refractivity contribution is -0.275. The SMILES string of the molecule is C=Nn1ccc(-c2cc(C(=O)NC(C)c3ccccc3OC(F)(F)F)cc3[nH]ccc23)cc1=NCN. The summed E-state index contributed by atoms with van der Waals surface area (Å²) >= 11 is 0. The number of nitrogens with zero attached hydrogens (tertiary/aromatic N) is 3. The Morgan fingerprint density at radius 2 is 2.00 bits per heavy atom. The van der Waals surface area contributed by atoms with E-state index in [9.17, 15) is 18.0 Å². The maximum atomic E-state index is 13.2. The highest BCUT2D eigenvalue weighted by Gasteiger charge is 2.32. The zero-order chi connectivity index (χ0) is 25.9. The van der Waals surface area contributed by atoms with Gasteiger partial charge in [-0.3, -0.25) is 9.79 Å². The van der Waals surface area contributed by atoms with Gasteiger partial charge >= 0.3 is 6.36 Å². The number of carbonyl (C=O) groups excluding carboxylic acids is 1. The van der Waals surface area contributed by atoms with Crippen molar-refractivity contribution in [2.75, 3.05) is 6.67 Å². The molecule has 0 saturated heterocycles. The monoisotopic (exact) mass is 496 g/mol. The molecule has 8 nitrogen and oxygen atoms in total. The van der Waals surface area contributed by atoms with Crippen molar-refractivity contribution in [2.24, 2.45) is 15.8 Å². The molecule has 0 radical (unpaired) electrons. The molecule has 2 aromatic heterocycles. The third-order valence-corrected chi connectivity index (χ3v) is 5.52. The van der Waals surface area contributed by atoms with Crippen molar-refractivity contribution in [3.05, 3.63) is 83.6 Å². The number of ether oxygens (including phenoxy) is 1. The molecule has 36 heavy (non-hydrogen) atoms. The number of hydrogen-bond donors (Lipinski definition) is 3. The van der Waals surface area contributed by atoms with Crippen LogP contribution in [0.3, 0.4) is 0 Å². The molecule has 11 heteroatoms. The number of aromatic amines is 1. The standard InChI is InChI=1S/C25H23F3N6O2/c1-15(18-5-3-4-6-22(18)36-25(26,27)28)33-24(35)17-11-20(19-7-9-31-21(19)12-17)16-8-10-34(30-2)23(13-16)32-14-29/h3-13,15,31H,2,14,29H2,1H3,(H,33,35). The normalized spacial score (nSPS) is 13.0. The summed E-state index contributed by atoms with van der Waals surface area (Å²) in [4.78, 5) is 20.5. The number of pyridine rings is 1. The number of halogens is 3. The predicted molar refractivity (Wildman–Crippen MR) is 130 cm³/mol. The number of hydrogen-bond acceptors (Lipinski definition) is 5. The van der Waals surface area contributed by atoms with Gasteiger partial charge in [0.25, 0.3) is 5.91 Å². The number of H-pyrrole nitrogens is 1. The molecule has 0 aliphatic rings. The first-order valence-corrected chi connectivity index (χ1v) is 10.9. The van der Waals surface area contributed by atoms with Crippen LogP contribution in [-0.2, 0) is 0 Å². The summed E-state index contributed by atoms with van der Waals surface area (Å²) < 4.78 is 44.1. The molecule has 186 valence electrons. The topological polar surface area (TPSA) is 110 Å². The van der Waals surface area contributed by atoms with Crippen molar-refractivity contribution in [3.8, 4) is 16.9 Å². The fourth-order valence-corrected chi connectivity index (χ4v) is 3.93. The minimum absolute atomic E-state index is 0.0540. The van der Waals surface area contributed by atoms with Gasteiger partial charge in [0, 0.05) is 41.1 Å². The van der Waals surface area contributed by atoms with E-state index < -0.39 is 18.3 Å². The number of alkyl halides is 3. The van der Waals surface area contributed by atoms with Crippen LogP contribution in [0.4, 0.5) is 13.2 Å². The van der Waals surface area contributed by atoms with E-state index in [4.69, 9.17) is 5.73 Å². The molecule has 4 N–H and O–H groups in total. The molecule has 2 aromatic carbocycles. The van der Waals surface area contributed by atoms with E-state index >= 15 is 0 Å². The van der Waals surface area contributed by atoms with Crippen LogP contribution in [0, 0.1) is 0 Å². The Hall–Kier alpha value is -4.38. The molecular formula is C25H23F3N6O2. The first-order chi connectivity index (χ1) is 17.2. The molecule has 0 bridgehead atoms. The summed E-state index contributed by atoms with van der Waals surface area (Å²) in [5.74, 6) is -0.837. The third-order valence-electron chi connectivity index (χ3n) is 5.52. The lowest BCUT2D eigenvalue weighted by Crippen LogP contribution is -2.28. The average molecular weight is 496 g/mol. The summed E-state index contributed by atoms with van der Waals surface area (Å²) in [5, 5.41) is 7.51. The molecule has 1 amide bonds. The van der Waals surface area contributed by atoms with Gasteiger partial charge in [-0.05, 0) is 54.4 Å². The van der Waals surface area contributed by atoms with Crippen molar-refractivity contribution in [2.45, 2.75) is 19.3 Å². The number of para-hydroxylation sites is 1. The second-order valence-corrected chi connectivity index (χ2v) is 7.84. The molecule has 0 fully saturated rings. The van der Waals surface area contributed by atoms with Gasteiger partial charge in [-0.2, -0.15) is 5.10 Å². The second kappa shape index (κ2) is 10.1. The highest BCUT2D eigenvalue weighted by atomic mass is 19.4. The Morgan fingerprint density at radius 3 is 2.72 bits per heavy atom. The van der Waals surface area contributed by atoms with Gasteiger partial charge in [0.2, 0.25) is 0 Å². The lowest BCUT2D eigenvalue weighted by atomic mass is 9.99. The molecular weight excluding hydrogens is 473 g/mol. The van der Waals surface area contributed by atoms with E-state index in [1.165, 1.54) is 22.9 Å². The second-order valence-electron chi connectivity index (χ2n) is 7.84. The van der Waals surface area contributed by atoms with Crippen LogP contribution in [0.2, 0.25) is 0 Å². The van der Waals surface area contributed by atoms with E-state index in [-0.39, 0.29) is 18.0 Å². The number of benzene rings is 2. The van der Waals surface area contributed by atoms with Crippen LogP contribution in [-0.4, -0.2) is 35.3 Å². The van der Waals surface area contributed by atoms with Crippen molar-refractivity contribution >= 4 is 23.5 Å². The summed E-state index contributed by atoms with van der Waals surface area (Å²) in [6.45, 7) is 5.16. The summed E-state index contributed by atoms with van der Waals surface area (Å²) in [6, 6.07) is 13.8. The van der Waals surface area contributed by atoms with Crippen LogP contribution in [0.1, 0.15) is 28.9 Å². The fraction of sp³-hybridized carbons (Fsp3) is 0.160. The Bertz CT molecular complexity index is 1490. The number of nitrogens with one attached hydrogen (secondary N) is 2. The van der Waals surface area contributed by atoms with E-state index in [1.807, 2.05) is 6.07 Å². The van der Waals surface area contributed by atoms with Gasteiger partial charge in [-0.15, -0.1) is 13.2 Å². The van der Waals surface area contributed by atoms with Gasteiger partial charge in [-0.25, -0.2) is 4.68 Å². The number of fused-ring (bicyclic) bond motifs is 1. The molecule has 0 spiro atoms. The quantitative estimate of drug-likeness (QED) is 0.332. The number of nitrogens with two attached hydrogens (primary N) is 1. The van der Waals surface area contributed by atoms with Crippen LogP contribution < -0.4 is 21.3 Å². The summed E-state index contributed by atoms with van der Waals surface area (Å²) in [7, 11) is 0. The Balaban J connectivity index is 1.70. The molecule has 4 aromatic rings. The van der Waals surface area contributed by atoms with Crippen molar-refractivity contribution in [1.29, 1.82) is 0 Å². The summed E-state index contributed by atoms with van der Waals surface area (Å²) in [5.41, 5.74) is 8.80. The Morgan fingerprint density at radius 1 is 1.22 bits per heavy atom. The average Bonchev–Trinajstić information content (AvgIpc) is 3.31. The van der Waals surface area contributed by atoms with E-state index in [1.54, 1.807) is 49.6 Å². The third kappa shape index (κ3) is 5.31. The van der Waals surface area contributed by atoms with Crippen LogP contribution in [0.5, 0.6) is 5.75 Å². The number of carbonyl (C=O) groups is 1. The highest BCUT2D eigenvalue weighted by molar-refractivity contribution is 6.04. The molecule has 4 rings (SSSR count). The predicted octanol–water partition coefficient (Wildman–Crippen LogP) is 4.31. The Labute approximate surface area is 203 Å². The molecule has 2 heterocycles. The van der Waals surface area contributed by atoms with E-state index in [2.05, 4.69) is 31.8 Å². The molecule has 0 aliphatic heterocycles. The number of aromatic nitrogens is 2. The highest BCUT2D eigenvalue weighted by Crippen LogP contribution is 2.32. The number of rotatable bonds is 7. The van der Waals surface area contributed by atoms with Gasteiger partial charge in [0.15, 0.2) is 5.49 Å². The zero-order valence-electron chi connectivity index (χ0n) is 19.2. The fourth-order valence-electron chi connectivity index (χ4n) is 3.93. The molecule has 0 saturated carbocycles. The minimum Gasteiger partial charge on any atom is -0.405 e. The van der Waals surface area contributed by atoms with Crippen molar-refractivity contribution in [1.82, 2.24) is 15.0 Å². The lowest BCUT2D eigenvalue weighted by Gasteiger charge is -2.19. The van der Waals surface area contributed by atoms with Gasteiger partial charge < -0.3 is 20.8 Å². The van der Waals surface area contributed by atoms with Gasteiger partial charge in [0.05, 0.1) is 12.7 Å². The maximum Gasteiger partial charge on any atom is 0.573 e. The zero-order valence-corrected chi connectivity index (χ0v) is 19.2. The maximum absolute atomic E-state index is 13.2. The first kappa shape index (κ1) is 24.7. The first-order valence-electron chi connectivity index (χ1n) is 10.9.